The summed E-state index contributed by atoms with van der Waals surface area (Å²) in [5, 5.41) is 11.5. The number of hydrogen-bond donors (Lipinski definition) is 0. The highest BCUT2D eigenvalue weighted by Gasteiger charge is 2.25. The number of carbonyl (C=O) groups excluding carboxylic acids is 1. The number of aliphatic imine (C=N–C) groups is 1. The van der Waals surface area contributed by atoms with Gasteiger partial charge in [0.15, 0.2) is 5.17 Å². The molecule has 1 aliphatic heterocycles. The predicted molar refractivity (Wildman–Crippen MR) is 94.7 cm³/mol. The van der Waals surface area contributed by atoms with Gasteiger partial charge in [-0.2, -0.15) is 0 Å². The zero-order valence-corrected chi connectivity index (χ0v) is 13.6. The molecule has 0 saturated carbocycles. The predicted octanol–water partition coefficient (Wildman–Crippen LogP) is 3.86. The van der Waals surface area contributed by atoms with Crippen LogP contribution >= 0.6 is 11.8 Å². The van der Waals surface area contributed by atoms with Gasteiger partial charge in [0, 0.05) is 30.0 Å². The van der Waals surface area contributed by atoms with E-state index in [-0.39, 0.29) is 11.6 Å². The summed E-state index contributed by atoms with van der Waals surface area (Å²) in [4.78, 5) is 29.3. The van der Waals surface area contributed by atoms with Crippen molar-refractivity contribution in [3.8, 4) is 0 Å². The fourth-order valence-corrected chi connectivity index (χ4v) is 3.32. The Morgan fingerprint density at radius 2 is 1.96 bits per heavy atom. The quantitative estimate of drug-likeness (QED) is 0.627. The second-order valence-corrected chi connectivity index (χ2v) is 6.26. The third-order valence-electron chi connectivity index (χ3n) is 3.52. The van der Waals surface area contributed by atoms with Crippen LogP contribution in [0.5, 0.6) is 0 Å². The molecule has 2 aromatic rings. The minimum Gasteiger partial charge on any atom is -0.287 e. The first-order valence-corrected chi connectivity index (χ1v) is 8.46. The van der Waals surface area contributed by atoms with E-state index in [9.17, 15) is 14.9 Å². The highest BCUT2D eigenvalue weighted by molar-refractivity contribution is 8.13. The van der Waals surface area contributed by atoms with Gasteiger partial charge in [0.1, 0.15) is 0 Å². The van der Waals surface area contributed by atoms with Crippen LogP contribution in [0.2, 0.25) is 0 Å². The molecule has 1 fully saturated rings. The molecule has 6 nitrogen and oxygen atoms in total. The van der Waals surface area contributed by atoms with Crippen molar-refractivity contribution in [2.75, 3.05) is 12.3 Å². The SMILES string of the molecule is O=C(c1cccc([N+](=O)[O-])c1)N1CCCSC1=Nc1ccccc1. The van der Waals surface area contributed by atoms with E-state index in [0.29, 0.717) is 17.3 Å². The second kappa shape index (κ2) is 7.27. The Bertz CT molecular complexity index is 793. The van der Waals surface area contributed by atoms with Crippen LogP contribution in [0, 0.1) is 10.1 Å². The lowest BCUT2D eigenvalue weighted by atomic mass is 10.1. The number of amidine groups is 1. The van der Waals surface area contributed by atoms with Gasteiger partial charge in [-0.05, 0) is 24.6 Å². The van der Waals surface area contributed by atoms with Crippen molar-refractivity contribution in [2.24, 2.45) is 4.99 Å². The normalized spacial score (nSPS) is 16.2. The topological polar surface area (TPSA) is 75.8 Å². The van der Waals surface area contributed by atoms with E-state index < -0.39 is 4.92 Å². The zero-order chi connectivity index (χ0) is 16.9. The molecule has 7 heteroatoms. The van der Waals surface area contributed by atoms with E-state index in [0.717, 1.165) is 17.9 Å². The van der Waals surface area contributed by atoms with Crippen LogP contribution < -0.4 is 0 Å². The molecular weight excluding hydrogens is 326 g/mol. The molecule has 24 heavy (non-hydrogen) atoms. The van der Waals surface area contributed by atoms with Gasteiger partial charge in [-0.25, -0.2) is 4.99 Å². The second-order valence-electron chi connectivity index (χ2n) is 5.20. The van der Waals surface area contributed by atoms with Crippen LogP contribution in [0.3, 0.4) is 0 Å². The fourth-order valence-electron chi connectivity index (χ4n) is 2.36. The number of para-hydroxylation sites is 1. The Hall–Kier alpha value is -2.67. The molecule has 0 spiro atoms. The molecule has 0 aromatic heterocycles. The van der Waals surface area contributed by atoms with Crippen molar-refractivity contribution in [2.45, 2.75) is 6.42 Å². The van der Waals surface area contributed by atoms with E-state index >= 15 is 0 Å². The molecule has 0 aliphatic carbocycles. The third kappa shape index (κ3) is 3.62. The first-order chi connectivity index (χ1) is 11.6. The van der Waals surface area contributed by atoms with Crippen molar-refractivity contribution in [1.29, 1.82) is 0 Å². The molecule has 1 saturated heterocycles. The largest absolute Gasteiger partial charge is 0.287 e. The zero-order valence-electron chi connectivity index (χ0n) is 12.8. The summed E-state index contributed by atoms with van der Waals surface area (Å²) in [6, 6.07) is 15.2. The molecule has 0 bridgehead atoms. The summed E-state index contributed by atoms with van der Waals surface area (Å²) in [5.41, 5.74) is 0.985. The van der Waals surface area contributed by atoms with E-state index in [1.54, 1.807) is 11.0 Å². The summed E-state index contributed by atoms with van der Waals surface area (Å²) < 4.78 is 0. The van der Waals surface area contributed by atoms with Gasteiger partial charge in [0.25, 0.3) is 11.6 Å². The number of hydrogen-bond acceptors (Lipinski definition) is 5. The van der Waals surface area contributed by atoms with E-state index in [2.05, 4.69) is 4.99 Å². The summed E-state index contributed by atoms with van der Waals surface area (Å²) in [6.07, 6.45) is 0.860. The summed E-state index contributed by atoms with van der Waals surface area (Å²) in [5.74, 6) is 0.630. The lowest BCUT2D eigenvalue weighted by molar-refractivity contribution is -0.384. The first-order valence-electron chi connectivity index (χ1n) is 7.48. The summed E-state index contributed by atoms with van der Waals surface area (Å²) >= 11 is 1.52. The average Bonchev–Trinajstić information content (AvgIpc) is 2.62. The third-order valence-corrected chi connectivity index (χ3v) is 4.58. The van der Waals surface area contributed by atoms with E-state index in [4.69, 9.17) is 0 Å². The van der Waals surface area contributed by atoms with Crippen LogP contribution in [0.4, 0.5) is 11.4 Å². The molecule has 0 atom stereocenters. The van der Waals surface area contributed by atoms with Gasteiger partial charge in [-0.1, -0.05) is 36.0 Å². The molecule has 2 aromatic carbocycles. The number of benzene rings is 2. The lowest BCUT2D eigenvalue weighted by Crippen LogP contribution is -2.39. The highest BCUT2D eigenvalue weighted by atomic mass is 32.2. The van der Waals surface area contributed by atoms with Crippen molar-refractivity contribution >= 4 is 34.2 Å². The van der Waals surface area contributed by atoms with Crippen molar-refractivity contribution < 1.29 is 9.72 Å². The number of nitro groups is 1. The molecular formula is C17H15N3O3S. The van der Waals surface area contributed by atoms with E-state index in [1.807, 2.05) is 30.3 Å². The number of carbonyl (C=O) groups is 1. The van der Waals surface area contributed by atoms with Crippen LogP contribution in [0.1, 0.15) is 16.8 Å². The minimum absolute atomic E-state index is 0.0907. The number of nitrogens with zero attached hydrogens (tertiary/aromatic N) is 3. The molecule has 3 rings (SSSR count). The molecule has 122 valence electrons. The molecule has 1 aliphatic rings. The van der Waals surface area contributed by atoms with Crippen molar-refractivity contribution in [1.82, 2.24) is 4.90 Å². The summed E-state index contributed by atoms with van der Waals surface area (Å²) in [6.45, 7) is 0.556. The number of amides is 1. The molecule has 0 unspecified atom stereocenters. The minimum atomic E-state index is -0.499. The molecule has 1 amide bonds. The number of nitro benzene ring substituents is 1. The van der Waals surface area contributed by atoms with Crippen LogP contribution in [-0.4, -0.2) is 33.2 Å². The van der Waals surface area contributed by atoms with Crippen LogP contribution in [0.25, 0.3) is 0 Å². The van der Waals surface area contributed by atoms with Gasteiger partial charge in [0.05, 0.1) is 10.6 Å². The lowest BCUT2D eigenvalue weighted by Gasteiger charge is -2.27. The monoisotopic (exact) mass is 341 g/mol. The number of non-ortho nitro benzene ring substituents is 1. The van der Waals surface area contributed by atoms with Crippen LogP contribution in [0.15, 0.2) is 59.6 Å². The van der Waals surface area contributed by atoms with Gasteiger partial charge >= 0.3 is 0 Å². The van der Waals surface area contributed by atoms with Crippen molar-refractivity contribution in [3.63, 3.8) is 0 Å². The highest BCUT2D eigenvalue weighted by Crippen LogP contribution is 2.24. The maximum atomic E-state index is 12.8. The Balaban J connectivity index is 1.90. The standard InChI is InChI=1S/C17H15N3O3S/c21-16(13-6-4-9-15(12-13)20(22)23)19-10-5-11-24-17(19)18-14-7-2-1-3-8-14/h1-4,6-9,12H,5,10-11H2. The maximum Gasteiger partial charge on any atom is 0.270 e. The Labute approximate surface area is 143 Å². The number of thioether (sulfide) groups is 1. The van der Waals surface area contributed by atoms with Gasteiger partial charge in [-0.3, -0.25) is 19.8 Å². The average molecular weight is 341 g/mol. The van der Waals surface area contributed by atoms with Gasteiger partial charge in [-0.15, -0.1) is 0 Å². The smallest absolute Gasteiger partial charge is 0.270 e. The first kappa shape index (κ1) is 16.2. The Kier molecular flexibility index (Phi) is 4.90. The van der Waals surface area contributed by atoms with E-state index in [1.165, 1.54) is 30.0 Å². The number of rotatable bonds is 3. The molecule has 0 radical (unpaired) electrons. The fraction of sp³-hybridized carbons (Fsp3) is 0.176. The van der Waals surface area contributed by atoms with Gasteiger partial charge in [0.2, 0.25) is 0 Å². The molecule has 1 heterocycles. The van der Waals surface area contributed by atoms with Crippen LogP contribution in [-0.2, 0) is 0 Å². The Morgan fingerprint density at radius 1 is 1.17 bits per heavy atom. The van der Waals surface area contributed by atoms with Crippen molar-refractivity contribution in [3.05, 3.63) is 70.3 Å². The van der Waals surface area contributed by atoms with Gasteiger partial charge < -0.3 is 0 Å². The Morgan fingerprint density at radius 3 is 2.71 bits per heavy atom. The summed E-state index contributed by atoms with van der Waals surface area (Å²) in [7, 11) is 0. The molecule has 0 N–H and O–H groups in total. The maximum absolute atomic E-state index is 12.8.